The van der Waals surface area contributed by atoms with Gasteiger partial charge < -0.3 is 9.42 Å². The maximum absolute atomic E-state index is 12.8. The first-order valence-electron chi connectivity index (χ1n) is 8.47. The summed E-state index contributed by atoms with van der Waals surface area (Å²) in [6.07, 6.45) is 4.46. The Morgan fingerprint density at radius 2 is 2.21 bits per heavy atom. The molecule has 2 bridgehead atoms. The van der Waals surface area contributed by atoms with Crippen LogP contribution in [0.25, 0.3) is 0 Å². The lowest BCUT2D eigenvalue weighted by atomic mass is 9.99. The number of hydrogen-bond acceptors (Lipinski definition) is 5. The van der Waals surface area contributed by atoms with E-state index in [-0.39, 0.29) is 11.9 Å². The second-order valence-electron chi connectivity index (χ2n) is 6.95. The highest BCUT2D eigenvalue weighted by atomic mass is 16.5. The van der Waals surface area contributed by atoms with Crippen LogP contribution >= 0.6 is 0 Å². The van der Waals surface area contributed by atoms with Crippen LogP contribution in [0.15, 0.2) is 29.0 Å². The SMILES string of the molecule is Cc1noc(C)c1CN1C[C@H]2C[C@@H](C1)N(C(=O)c1cccnc1)C2. The number of fused-ring (bicyclic) bond motifs is 2. The highest BCUT2D eigenvalue weighted by Crippen LogP contribution is 2.32. The first-order chi connectivity index (χ1) is 11.6. The van der Waals surface area contributed by atoms with Crippen LogP contribution in [0.1, 0.15) is 33.8 Å². The van der Waals surface area contributed by atoms with Gasteiger partial charge in [0.15, 0.2) is 0 Å². The fraction of sp³-hybridized carbons (Fsp3) is 0.500. The van der Waals surface area contributed by atoms with Gasteiger partial charge in [0.1, 0.15) is 5.76 Å². The molecule has 126 valence electrons. The van der Waals surface area contributed by atoms with E-state index in [2.05, 4.69) is 15.0 Å². The molecule has 6 heteroatoms. The van der Waals surface area contributed by atoms with Gasteiger partial charge in [-0.05, 0) is 38.3 Å². The number of pyridine rings is 1. The number of aryl methyl sites for hydroxylation is 2. The van der Waals surface area contributed by atoms with E-state index < -0.39 is 0 Å². The number of aromatic nitrogens is 2. The van der Waals surface area contributed by atoms with Gasteiger partial charge in [-0.15, -0.1) is 0 Å². The number of hydrogen-bond donors (Lipinski definition) is 0. The van der Waals surface area contributed by atoms with Gasteiger partial charge in [0.05, 0.1) is 11.3 Å². The van der Waals surface area contributed by atoms with Crippen molar-refractivity contribution in [2.45, 2.75) is 32.9 Å². The Hall–Kier alpha value is -2.21. The van der Waals surface area contributed by atoms with Crippen molar-refractivity contribution in [3.8, 4) is 0 Å². The van der Waals surface area contributed by atoms with Crippen molar-refractivity contribution >= 4 is 5.91 Å². The Labute approximate surface area is 141 Å². The fourth-order valence-electron chi connectivity index (χ4n) is 4.04. The van der Waals surface area contributed by atoms with Crippen LogP contribution in [-0.2, 0) is 6.54 Å². The predicted molar refractivity (Wildman–Crippen MR) is 88.4 cm³/mol. The highest BCUT2D eigenvalue weighted by Gasteiger charge is 2.41. The summed E-state index contributed by atoms with van der Waals surface area (Å²) in [7, 11) is 0. The first-order valence-corrected chi connectivity index (χ1v) is 8.47. The van der Waals surface area contributed by atoms with Gasteiger partial charge in [-0.25, -0.2) is 0 Å². The highest BCUT2D eigenvalue weighted by molar-refractivity contribution is 5.94. The molecule has 0 radical (unpaired) electrons. The molecule has 2 atom stereocenters. The molecule has 0 unspecified atom stereocenters. The average Bonchev–Trinajstić information content (AvgIpc) is 3.07. The molecule has 4 rings (SSSR count). The van der Waals surface area contributed by atoms with Crippen molar-refractivity contribution in [2.24, 2.45) is 5.92 Å². The van der Waals surface area contributed by atoms with E-state index >= 15 is 0 Å². The summed E-state index contributed by atoms with van der Waals surface area (Å²) in [5, 5.41) is 4.05. The molecule has 2 fully saturated rings. The molecule has 24 heavy (non-hydrogen) atoms. The normalized spacial score (nSPS) is 23.7. The van der Waals surface area contributed by atoms with Crippen LogP contribution in [-0.4, -0.2) is 51.5 Å². The topological polar surface area (TPSA) is 62.5 Å². The fourth-order valence-corrected chi connectivity index (χ4v) is 4.04. The third kappa shape index (κ3) is 2.71. The Kier molecular flexibility index (Phi) is 3.84. The molecule has 2 aliphatic heterocycles. The lowest BCUT2D eigenvalue weighted by molar-refractivity contribution is 0.0711. The molecular weight excluding hydrogens is 304 g/mol. The smallest absolute Gasteiger partial charge is 0.255 e. The minimum absolute atomic E-state index is 0.106. The predicted octanol–water partition coefficient (Wildman–Crippen LogP) is 2.03. The maximum Gasteiger partial charge on any atom is 0.255 e. The minimum atomic E-state index is 0.106. The Morgan fingerprint density at radius 3 is 2.92 bits per heavy atom. The molecule has 4 heterocycles. The lowest BCUT2D eigenvalue weighted by Gasteiger charge is -2.32. The Bertz CT molecular complexity index is 723. The van der Waals surface area contributed by atoms with Crippen LogP contribution in [0.2, 0.25) is 0 Å². The number of rotatable bonds is 3. The van der Waals surface area contributed by atoms with Crippen molar-refractivity contribution in [1.82, 2.24) is 19.9 Å². The standard InChI is InChI=1S/C18H22N4O2/c1-12-17(13(2)24-20-12)11-21-8-14-6-16(10-21)22(9-14)18(23)15-4-3-5-19-7-15/h3-5,7,14,16H,6,8-11H2,1-2H3/t14-,16+/m1/s1. The largest absolute Gasteiger partial charge is 0.361 e. The number of carbonyl (C=O) groups excluding carboxylic acids is 1. The zero-order valence-electron chi connectivity index (χ0n) is 14.1. The van der Waals surface area contributed by atoms with Gasteiger partial charge >= 0.3 is 0 Å². The Balaban J connectivity index is 1.47. The molecule has 0 aliphatic carbocycles. The molecule has 2 saturated heterocycles. The van der Waals surface area contributed by atoms with Gasteiger partial charge in [0, 0.05) is 50.2 Å². The summed E-state index contributed by atoms with van der Waals surface area (Å²) >= 11 is 0. The zero-order chi connectivity index (χ0) is 16.7. The van der Waals surface area contributed by atoms with Crippen molar-refractivity contribution in [3.05, 3.63) is 47.1 Å². The van der Waals surface area contributed by atoms with E-state index in [1.807, 2.05) is 30.9 Å². The van der Waals surface area contributed by atoms with E-state index in [0.717, 1.165) is 44.1 Å². The van der Waals surface area contributed by atoms with E-state index in [9.17, 15) is 4.79 Å². The maximum atomic E-state index is 12.8. The van der Waals surface area contributed by atoms with Crippen molar-refractivity contribution in [2.75, 3.05) is 19.6 Å². The van der Waals surface area contributed by atoms with Crippen molar-refractivity contribution < 1.29 is 9.32 Å². The van der Waals surface area contributed by atoms with Gasteiger partial charge in [0.25, 0.3) is 5.91 Å². The molecule has 2 aliphatic rings. The van der Waals surface area contributed by atoms with Gasteiger partial charge in [-0.3, -0.25) is 14.7 Å². The zero-order valence-corrected chi connectivity index (χ0v) is 14.1. The lowest BCUT2D eigenvalue weighted by Crippen LogP contribution is -2.43. The van der Waals surface area contributed by atoms with E-state index in [0.29, 0.717) is 11.5 Å². The number of amides is 1. The third-order valence-electron chi connectivity index (χ3n) is 5.22. The summed E-state index contributed by atoms with van der Waals surface area (Å²) in [5.74, 6) is 1.55. The molecule has 0 saturated carbocycles. The number of likely N-dealkylation sites (tertiary alicyclic amines) is 2. The molecule has 0 spiro atoms. The molecular formula is C18H22N4O2. The molecule has 0 N–H and O–H groups in total. The van der Waals surface area contributed by atoms with Gasteiger partial charge in [-0.1, -0.05) is 5.16 Å². The first kappa shape index (κ1) is 15.3. The van der Waals surface area contributed by atoms with Gasteiger partial charge in [0.2, 0.25) is 0 Å². The average molecular weight is 326 g/mol. The quantitative estimate of drug-likeness (QED) is 0.864. The van der Waals surface area contributed by atoms with E-state index in [1.54, 1.807) is 12.4 Å². The Morgan fingerprint density at radius 1 is 1.33 bits per heavy atom. The number of nitrogens with zero attached hydrogens (tertiary/aromatic N) is 4. The molecule has 1 amide bonds. The number of carbonyl (C=O) groups is 1. The summed E-state index contributed by atoms with van der Waals surface area (Å²) in [4.78, 5) is 21.3. The minimum Gasteiger partial charge on any atom is -0.361 e. The molecule has 2 aromatic heterocycles. The summed E-state index contributed by atoms with van der Waals surface area (Å²) in [6, 6.07) is 3.95. The van der Waals surface area contributed by atoms with Crippen LogP contribution in [0.5, 0.6) is 0 Å². The second kappa shape index (κ2) is 6.02. The van der Waals surface area contributed by atoms with E-state index in [4.69, 9.17) is 4.52 Å². The van der Waals surface area contributed by atoms with E-state index in [1.165, 1.54) is 5.56 Å². The van der Waals surface area contributed by atoms with Crippen LogP contribution < -0.4 is 0 Å². The van der Waals surface area contributed by atoms with Crippen molar-refractivity contribution in [1.29, 1.82) is 0 Å². The molecule has 6 nitrogen and oxygen atoms in total. The van der Waals surface area contributed by atoms with Gasteiger partial charge in [-0.2, -0.15) is 0 Å². The van der Waals surface area contributed by atoms with Crippen LogP contribution in [0, 0.1) is 19.8 Å². The van der Waals surface area contributed by atoms with Crippen LogP contribution in [0.4, 0.5) is 0 Å². The monoisotopic (exact) mass is 326 g/mol. The van der Waals surface area contributed by atoms with Crippen LogP contribution in [0.3, 0.4) is 0 Å². The summed E-state index contributed by atoms with van der Waals surface area (Å²) in [6.45, 7) is 7.58. The van der Waals surface area contributed by atoms with Crippen molar-refractivity contribution in [3.63, 3.8) is 0 Å². The molecule has 2 aromatic rings. The summed E-state index contributed by atoms with van der Waals surface area (Å²) < 4.78 is 5.28. The summed E-state index contributed by atoms with van der Waals surface area (Å²) in [5.41, 5.74) is 2.83. The third-order valence-corrected chi connectivity index (χ3v) is 5.22. The second-order valence-corrected chi connectivity index (χ2v) is 6.95. The number of piperidine rings is 1. The molecule has 0 aromatic carbocycles.